The average molecular weight is 279 g/mol. The molecule has 0 fully saturated rings. The quantitative estimate of drug-likeness (QED) is 0.909. The third-order valence-electron chi connectivity index (χ3n) is 3.46. The van der Waals surface area contributed by atoms with Crippen LogP contribution in [0.5, 0.6) is 0 Å². The Morgan fingerprint density at radius 3 is 2.58 bits per heavy atom. The van der Waals surface area contributed by atoms with Crippen LogP contribution in [0.15, 0.2) is 41.0 Å². The molecule has 2 N–H and O–H groups in total. The Balaban J connectivity index is 2.07. The van der Waals surface area contributed by atoms with Gasteiger partial charge in [0.1, 0.15) is 5.76 Å². The molecule has 1 unspecified atom stereocenters. The van der Waals surface area contributed by atoms with E-state index in [0.717, 1.165) is 22.9 Å². The van der Waals surface area contributed by atoms with E-state index in [-0.39, 0.29) is 0 Å². The molecule has 0 bridgehead atoms. The zero-order valence-corrected chi connectivity index (χ0v) is 12.0. The summed E-state index contributed by atoms with van der Waals surface area (Å²) in [5, 5.41) is 0.763. The lowest BCUT2D eigenvalue weighted by Crippen LogP contribution is -2.22. The Morgan fingerprint density at radius 2 is 1.95 bits per heavy atom. The van der Waals surface area contributed by atoms with E-state index in [4.69, 9.17) is 21.8 Å². The van der Waals surface area contributed by atoms with Crippen LogP contribution in [0.4, 0.5) is 0 Å². The molecule has 0 spiro atoms. The van der Waals surface area contributed by atoms with Crippen molar-refractivity contribution in [3.05, 3.63) is 58.5 Å². The topological polar surface area (TPSA) is 42.4 Å². The molecule has 2 aromatic rings. The predicted molar refractivity (Wildman–Crippen MR) is 77.9 cm³/mol. The number of benzene rings is 1. The van der Waals surface area contributed by atoms with Crippen LogP contribution in [0.1, 0.15) is 29.9 Å². The van der Waals surface area contributed by atoms with Gasteiger partial charge >= 0.3 is 0 Å². The molecule has 0 aliphatic heterocycles. The second-order valence-electron chi connectivity index (χ2n) is 4.72. The van der Waals surface area contributed by atoms with E-state index in [1.807, 2.05) is 18.2 Å². The monoisotopic (exact) mass is 278 g/mol. The average Bonchev–Trinajstić information content (AvgIpc) is 2.86. The summed E-state index contributed by atoms with van der Waals surface area (Å²) < 4.78 is 5.35. The van der Waals surface area contributed by atoms with E-state index in [1.54, 1.807) is 6.26 Å². The molecule has 1 heterocycles. The van der Waals surface area contributed by atoms with Crippen molar-refractivity contribution in [2.75, 3.05) is 7.05 Å². The van der Waals surface area contributed by atoms with Crippen LogP contribution in [0.3, 0.4) is 0 Å². The van der Waals surface area contributed by atoms with Gasteiger partial charge in [0, 0.05) is 23.2 Å². The maximum absolute atomic E-state index is 5.91. The normalized spacial score (nSPS) is 12.9. The zero-order valence-electron chi connectivity index (χ0n) is 11.3. The second kappa shape index (κ2) is 6.24. The van der Waals surface area contributed by atoms with Crippen LogP contribution in [0.25, 0.3) is 0 Å². The lowest BCUT2D eigenvalue weighted by Gasteiger charge is -2.25. The molecule has 19 heavy (non-hydrogen) atoms. The van der Waals surface area contributed by atoms with E-state index >= 15 is 0 Å². The van der Waals surface area contributed by atoms with Gasteiger partial charge in [-0.1, -0.05) is 23.7 Å². The van der Waals surface area contributed by atoms with Gasteiger partial charge in [0.15, 0.2) is 0 Å². The summed E-state index contributed by atoms with van der Waals surface area (Å²) in [6.07, 6.45) is 1.69. The van der Waals surface area contributed by atoms with E-state index in [9.17, 15) is 0 Å². The van der Waals surface area contributed by atoms with Gasteiger partial charge in [-0.15, -0.1) is 0 Å². The van der Waals surface area contributed by atoms with E-state index in [1.165, 1.54) is 5.56 Å². The van der Waals surface area contributed by atoms with Crippen molar-refractivity contribution in [1.29, 1.82) is 0 Å². The molecule has 0 radical (unpaired) electrons. The summed E-state index contributed by atoms with van der Waals surface area (Å²) in [6, 6.07) is 10.2. The van der Waals surface area contributed by atoms with Crippen LogP contribution >= 0.6 is 11.6 Å². The molecule has 102 valence electrons. The van der Waals surface area contributed by atoms with Gasteiger partial charge in [0.25, 0.3) is 0 Å². The van der Waals surface area contributed by atoms with Crippen LogP contribution in [-0.2, 0) is 13.1 Å². The molecule has 0 saturated carbocycles. The van der Waals surface area contributed by atoms with Crippen molar-refractivity contribution in [2.24, 2.45) is 5.73 Å². The minimum atomic E-state index is 0.304. The number of furan rings is 1. The molecule has 4 heteroatoms. The first kappa shape index (κ1) is 14.1. The predicted octanol–water partition coefficient (Wildman–Crippen LogP) is 3.58. The van der Waals surface area contributed by atoms with Gasteiger partial charge < -0.3 is 10.2 Å². The lowest BCUT2D eigenvalue weighted by molar-refractivity contribution is 0.251. The number of nitrogens with zero attached hydrogens (tertiary/aromatic N) is 1. The van der Waals surface area contributed by atoms with E-state index in [0.29, 0.717) is 12.6 Å². The molecule has 2 rings (SSSR count). The highest BCUT2D eigenvalue weighted by Crippen LogP contribution is 2.23. The van der Waals surface area contributed by atoms with Crippen LogP contribution < -0.4 is 5.73 Å². The highest BCUT2D eigenvalue weighted by molar-refractivity contribution is 6.30. The van der Waals surface area contributed by atoms with E-state index < -0.39 is 0 Å². The fourth-order valence-corrected chi connectivity index (χ4v) is 2.21. The molecule has 0 amide bonds. The summed E-state index contributed by atoms with van der Waals surface area (Å²) in [6.45, 7) is 3.42. The molecular formula is C15H19ClN2O. The van der Waals surface area contributed by atoms with Crippen LogP contribution in [0.2, 0.25) is 5.02 Å². The lowest BCUT2D eigenvalue weighted by atomic mass is 10.1. The second-order valence-corrected chi connectivity index (χ2v) is 5.15. The highest BCUT2D eigenvalue weighted by Gasteiger charge is 2.14. The Bertz CT molecular complexity index is 521. The Labute approximate surface area is 119 Å². The molecule has 1 aromatic carbocycles. The van der Waals surface area contributed by atoms with Crippen molar-refractivity contribution < 1.29 is 4.42 Å². The van der Waals surface area contributed by atoms with Crippen LogP contribution in [-0.4, -0.2) is 11.9 Å². The first-order chi connectivity index (χ1) is 9.11. The molecule has 3 nitrogen and oxygen atoms in total. The van der Waals surface area contributed by atoms with Gasteiger partial charge in [-0.25, -0.2) is 0 Å². The first-order valence-electron chi connectivity index (χ1n) is 6.33. The van der Waals surface area contributed by atoms with Gasteiger partial charge in [-0.3, -0.25) is 4.90 Å². The fraction of sp³-hybridized carbons (Fsp3) is 0.333. The summed E-state index contributed by atoms with van der Waals surface area (Å²) in [7, 11) is 2.09. The number of hydrogen-bond acceptors (Lipinski definition) is 3. The van der Waals surface area contributed by atoms with Crippen molar-refractivity contribution >= 4 is 11.6 Å². The van der Waals surface area contributed by atoms with Gasteiger partial charge in [0.2, 0.25) is 0 Å². The molecule has 0 aliphatic rings. The highest BCUT2D eigenvalue weighted by atomic mass is 35.5. The van der Waals surface area contributed by atoms with Crippen molar-refractivity contribution in [3.63, 3.8) is 0 Å². The molecule has 1 aromatic heterocycles. The smallest absolute Gasteiger partial charge is 0.121 e. The van der Waals surface area contributed by atoms with Gasteiger partial charge in [-0.2, -0.15) is 0 Å². The Hall–Kier alpha value is -1.29. The third-order valence-corrected chi connectivity index (χ3v) is 3.71. The number of rotatable bonds is 5. The Kier molecular flexibility index (Phi) is 4.64. The maximum Gasteiger partial charge on any atom is 0.121 e. The number of halogens is 1. The van der Waals surface area contributed by atoms with Gasteiger partial charge in [0.05, 0.1) is 12.8 Å². The van der Waals surface area contributed by atoms with Crippen molar-refractivity contribution in [1.82, 2.24) is 4.90 Å². The van der Waals surface area contributed by atoms with Crippen LogP contribution in [0, 0.1) is 0 Å². The first-order valence-corrected chi connectivity index (χ1v) is 6.70. The van der Waals surface area contributed by atoms with Crippen molar-refractivity contribution in [2.45, 2.75) is 26.1 Å². The molecule has 0 saturated heterocycles. The summed E-state index contributed by atoms with van der Waals surface area (Å²) in [5.74, 6) is 0.857. The van der Waals surface area contributed by atoms with Gasteiger partial charge in [-0.05, 0) is 37.7 Å². The molecular weight excluding hydrogens is 260 g/mol. The molecule has 0 aliphatic carbocycles. The minimum Gasteiger partial charge on any atom is -0.468 e. The summed E-state index contributed by atoms with van der Waals surface area (Å²) in [5.41, 5.74) is 8.03. The minimum absolute atomic E-state index is 0.304. The zero-order chi connectivity index (χ0) is 13.8. The summed E-state index contributed by atoms with van der Waals surface area (Å²) >= 11 is 5.91. The van der Waals surface area contributed by atoms with E-state index in [2.05, 4.69) is 31.0 Å². The fourth-order valence-electron chi connectivity index (χ4n) is 2.09. The molecule has 1 atom stereocenters. The largest absolute Gasteiger partial charge is 0.468 e. The third kappa shape index (κ3) is 3.38. The Morgan fingerprint density at radius 1 is 1.26 bits per heavy atom. The number of hydrogen-bond donors (Lipinski definition) is 1. The maximum atomic E-state index is 5.91. The standard InChI is InChI=1S/C15H19ClN2O/c1-11(12-3-5-14(16)6-4-12)18(2)10-13-7-8-19-15(13)9-17/h3-8,11H,9-10,17H2,1-2H3. The number of nitrogens with two attached hydrogens (primary N) is 1. The van der Waals surface area contributed by atoms with Crippen molar-refractivity contribution in [3.8, 4) is 0 Å². The SMILES string of the molecule is CC(c1ccc(Cl)cc1)N(C)Cc1ccoc1CN. The summed E-state index contributed by atoms with van der Waals surface area (Å²) in [4.78, 5) is 2.26.